The Morgan fingerprint density at radius 3 is 2.40 bits per heavy atom. The molecular formula is C10H15O2PS2. The van der Waals surface area contributed by atoms with E-state index in [2.05, 4.69) is 0 Å². The highest BCUT2D eigenvalue weighted by molar-refractivity contribution is 8.12. The van der Waals surface area contributed by atoms with Gasteiger partial charge in [0, 0.05) is 11.3 Å². The topological polar surface area (TPSA) is 18.5 Å². The molecule has 84 valence electrons. The average Bonchev–Trinajstić information content (AvgIpc) is 2.19. The van der Waals surface area contributed by atoms with Gasteiger partial charge in [0.15, 0.2) is 0 Å². The van der Waals surface area contributed by atoms with Crippen molar-refractivity contribution in [2.75, 3.05) is 13.2 Å². The Labute approximate surface area is 102 Å². The lowest BCUT2D eigenvalue weighted by Crippen LogP contribution is -2.07. The Morgan fingerprint density at radius 1 is 1.33 bits per heavy atom. The predicted octanol–water partition coefficient (Wildman–Crippen LogP) is 3.58. The number of thiocarbonyl (C=S) groups is 1. The molecule has 1 aliphatic carbocycles. The summed E-state index contributed by atoms with van der Waals surface area (Å²) < 4.78 is 11.2. The van der Waals surface area contributed by atoms with Crippen LogP contribution in [0.3, 0.4) is 0 Å². The molecule has 0 aromatic heterocycles. The van der Waals surface area contributed by atoms with Gasteiger partial charge in [0.05, 0.1) is 18.5 Å². The van der Waals surface area contributed by atoms with Crippen LogP contribution in [0.1, 0.15) is 20.3 Å². The molecule has 0 aromatic carbocycles. The molecule has 0 spiro atoms. The Kier molecular flexibility index (Phi) is 5.30. The van der Waals surface area contributed by atoms with Crippen molar-refractivity contribution >= 4 is 35.4 Å². The standard InChI is InChI=1S/C10H15O2PS2/c1-3-11-13(15,12-4-2)9-7-5-6-8-10(9)14/h5-7H,3-4,8H2,1-2H3. The lowest BCUT2D eigenvalue weighted by molar-refractivity contribution is 0.273. The monoisotopic (exact) mass is 262 g/mol. The molecule has 0 N–H and O–H groups in total. The van der Waals surface area contributed by atoms with E-state index in [0.717, 1.165) is 16.6 Å². The lowest BCUT2D eigenvalue weighted by Gasteiger charge is -2.25. The van der Waals surface area contributed by atoms with Crippen LogP contribution in [0, 0.1) is 0 Å². The fourth-order valence-corrected chi connectivity index (χ4v) is 4.83. The highest BCUT2D eigenvalue weighted by Gasteiger charge is 2.27. The zero-order chi connectivity index (χ0) is 11.3. The Morgan fingerprint density at radius 2 is 1.93 bits per heavy atom. The van der Waals surface area contributed by atoms with Crippen molar-refractivity contribution in [3.05, 3.63) is 23.5 Å². The molecule has 5 heteroatoms. The zero-order valence-electron chi connectivity index (χ0n) is 8.93. The molecule has 0 heterocycles. The van der Waals surface area contributed by atoms with E-state index in [1.807, 2.05) is 32.1 Å². The molecule has 0 amide bonds. The lowest BCUT2D eigenvalue weighted by atomic mass is 10.2. The quantitative estimate of drug-likeness (QED) is 0.556. The van der Waals surface area contributed by atoms with Crippen LogP contribution in [0.2, 0.25) is 0 Å². The Bertz CT molecular complexity index is 337. The smallest absolute Gasteiger partial charge is 0.220 e. The average molecular weight is 262 g/mol. The Balaban J connectivity index is 2.97. The van der Waals surface area contributed by atoms with Gasteiger partial charge in [-0.3, -0.25) is 0 Å². The van der Waals surface area contributed by atoms with Crippen molar-refractivity contribution in [3.8, 4) is 0 Å². The van der Waals surface area contributed by atoms with E-state index >= 15 is 0 Å². The highest BCUT2D eigenvalue weighted by atomic mass is 32.5. The summed E-state index contributed by atoms with van der Waals surface area (Å²) in [5, 5.41) is 0.902. The maximum absolute atomic E-state index is 5.59. The van der Waals surface area contributed by atoms with Gasteiger partial charge in [0.25, 0.3) is 0 Å². The van der Waals surface area contributed by atoms with Gasteiger partial charge < -0.3 is 9.05 Å². The number of hydrogen-bond donors (Lipinski definition) is 0. The van der Waals surface area contributed by atoms with Gasteiger partial charge in [-0.05, 0) is 31.7 Å². The molecule has 0 aliphatic heterocycles. The van der Waals surface area contributed by atoms with Gasteiger partial charge in [-0.25, -0.2) is 0 Å². The Hall–Kier alpha value is 0.140. The van der Waals surface area contributed by atoms with Gasteiger partial charge in [-0.15, -0.1) is 0 Å². The molecule has 0 atom stereocenters. The van der Waals surface area contributed by atoms with Crippen molar-refractivity contribution in [1.29, 1.82) is 0 Å². The molecule has 1 rings (SSSR count). The van der Waals surface area contributed by atoms with E-state index in [-0.39, 0.29) is 0 Å². The fourth-order valence-electron chi connectivity index (χ4n) is 1.29. The second-order valence-corrected chi connectivity index (χ2v) is 6.87. The second kappa shape index (κ2) is 6.02. The summed E-state index contributed by atoms with van der Waals surface area (Å²) in [7, 11) is 0. The third kappa shape index (κ3) is 3.30. The van der Waals surface area contributed by atoms with Crippen molar-refractivity contribution < 1.29 is 9.05 Å². The molecule has 0 radical (unpaired) electrons. The normalized spacial score (nSPS) is 16.7. The number of allylic oxidation sites excluding steroid dienone is 4. The maximum atomic E-state index is 5.59. The van der Waals surface area contributed by atoms with Crippen LogP contribution in [-0.2, 0) is 20.9 Å². The van der Waals surface area contributed by atoms with Crippen LogP contribution in [0.25, 0.3) is 0 Å². The van der Waals surface area contributed by atoms with Crippen LogP contribution in [0.15, 0.2) is 23.5 Å². The summed E-state index contributed by atoms with van der Waals surface area (Å²) in [5.74, 6) is 0. The third-order valence-corrected chi connectivity index (χ3v) is 5.84. The zero-order valence-corrected chi connectivity index (χ0v) is 11.5. The first kappa shape index (κ1) is 13.2. The molecule has 2 nitrogen and oxygen atoms in total. The van der Waals surface area contributed by atoms with Crippen LogP contribution in [0.5, 0.6) is 0 Å². The summed E-state index contributed by atoms with van der Waals surface area (Å²) in [5.41, 5.74) is 0. The minimum Gasteiger partial charge on any atom is -0.326 e. The van der Waals surface area contributed by atoms with E-state index in [0.29, 0.717) is 13.2 Å². The molecular weight excluding hydrogens is 247 g/mol. The molecule has 0 aromatic rings. The molecule has 15 heavy (non-hydrogen) atoms. The van der Waals surface area contributed by atoms with Crippen molar-refractivity contribution in [1.82, 2.24) is 0 Å². The van der Waals surface area contributed by atoms with Crippen LogP contribution >= 0.6 is 18.7 Å². The third-order valence-electron chi connectivity index (χ3n) is 1.87. The van der Waals surface area contributed by atoms with Crippen LogP contribution < -0.4 is 0 Å². The largest absolute Gasteiger partial charge is 0.326 e. The fraction of sp³-hybridized carbons (Fsp3) is 0.500. The van der Waals surface area contributed by atoms with Crippen molar-refractivity contribution in [2.24, 2.45) is 0 Å². The molecule has 0 saturated heterocycles. The van der Waals surface area contributed by atoms with Crippen molar-refractivity contribution in [2.45, 2.75) is 20.3 Å². The second-order valence-electron chi connectivity index (χ2n) is 2.94. The van der Waals surface area contributed by atoms with Gasteiger partial charge in [-0.1, -0.05) is 24.4 Å². The molecule has 0 unspecified atom stereocenters. The SMILES string of the molecule is CCOP(=S)(OCC)C1=CC=CCC1=S. The van der Waals surface area contributed by atoms with Gasteiger partial charge >= 0.3 is 0 Å². The van der Waals surface area contributed by atoms with E-state index in [4.69, 9.17) is 33.1 Å². The number of rotatable bonds is 5. The summed E-state index contributed by atoms with van der Waals surface area (Å²) in [6, 6.07) is 0. The van der Waals surface area contributed by atoms with Gasteiger partial charge in [-0.2, -0.15) is 0 Å². The first-order valence-electron chi connectivity index (χ1n) is 4.93. The maximum Gasteiger partial charge on any atom is 0.220 e. The molecule has 0 fully saturated rings. The summed E-state index contributed by atoms with van der Waals surface area (Å²) in [4.78, 5) is 0.850. The van der Waals surface area contributed by atoms with E-state index in [1.54, 1.807) is 0 Å². The highest BCUT2D eigenvalue weighted by Crippen LogP contribution is 2.57. The van der Waals surface area contributed by atoms with E-state index in [9.17, 15) is 0 Å². The first-order chi connectivity index (χ1) is 7.14. The van der Waals surface area contributed by atoms with Gasteiger partial charge in [0.2, 0.25) is 6.49 Å². The summed E-state index contributed by atoms with van der Waals surface area (Å²) in [6.07, 6.45) is 6.67. The van der Waals surface area contributed by atoms with Crippen molar-refractivity contribution in [3.63, 3.8) is 0 Å². The molecule has 0 bridgehead atoms. The molecule has 1 aliphatic rings. The van der Waals surface area contributed by atoms with Gasteiger partial charge in [0.1, 0.15) is 0 Å². The number of hydrogen-bond acceptors (Lipinski definition) is 4. The predicted molar refractivity (Wildman–Crippen MR) is 72.0 cm³/mol. The molecule has 0 saturated carbocycles. The van der Waals surface area contributed by atoms with Crippen LogP contribution in [-0.4, -0.2) is 18.1 Å². The summed E-state index contributed by atoms with van der Waals surface area (Å²) >= 11 is 10.8. The minimum atomic E-state index is -2.35. The first-order valence-corrected chi connectivity index (χ1v) is 7.98. The summed E-state index contributed by atoms with van der Waals surface area (Å²) in [6.45, 7) is 2.60. The van der Waals surface area contributed by atoms with Crippen LogP contribution in [0.4, 0.5) is 0 Å². The van der Waals surface area contributed by atoms with E-state index < -0.39 is 6.49 Å². The van der Waals surface area contributed by atoms with E-state index in [1.165, 1.54) is 0 Å². The minimum absolute atomic E-state index is 0.556.